The van der Waals surface area contributed by atoms with Crippen molar-refractivity contribution in [2.45, 2.75) is 19.0 Å². The first kappa shape index (κ1) is 15.4. The molecule has 0 radical (unpaired) electrons. The second kappa shape index (κ2) is 7.10. The van der Waals surface area contributed by atoms with Crippen molar-refractivity contribution in [2.75, 3.05) is 0 Å². The zero-order chi connectivity index (χ0) is 14.4. The highest BCUT2D eigenvalue weighted by atomic mass is 79.9. The Morgan fingerprint density at radius 3 is 2.53 bits per heavy atom. The average molecular weight is 351 g/mol. The van der Waals surface area contributed by atoms with E-state index in [1.54, 1.807) is 0 Å². The molecule has 1 aromatic heterocycles. The van der Waals surface area contributed by atoms with Crippen molar-refractivity contribution >= 4 is 45.2 Å². The van der Waals surface area contributed by atoms with Gasteiger partial charge in [-0.3, -0.25) is 4.79 Å². The largest absolute Gasteiger partial charge is 0.481 e. The van der Waals surface area contributed by atoms with Gasteiger partial charge in [-0.1, -0.05) is 0 Å². The number of hydrogen-bond acceptors (Lipinski definition) is 4. The number of aliphatic carboxylic acids is 2. The number of nitrogens with one attached hydrogen (secondary N) is 2. The molecule has 0 fully saturated rings. The Kier molecular flexibility index (Phi) is 5.77. The number of carboxylic acids is 2. The summed E-state index contributed by atoms with van der Waals surface area (Å²) in [5.41, 5.74) is 0. The molecule has 1 aromatic rings. The molecule has 1 rings (SSSR count). The second-order valence-corrected chi connectivity index (χ2v) is 5.46. The number of carbonyl (C=O) groups excluding carboxylic acids is 1. The first-order valence-electron chi connectivity index (χ1n) is 5.10. The lowest BCUT2D eigenvalue weighted by Gasteiger charge is -2.12. The molecular weight excluding hydrogens is 340 g/mol. The van der Waals surface area contributed by atoms with E-state index in [-0.39, 0.29) is 6.54 Å². The molecule has 0 bridgehead atoms. The minimum atomic E-state index is -1.45. The van der Waals surface area contributed by atoms with Crippen LogP contribution >= 0.6 is 27.3 Å². The molecule has 0 aromatic carbocycles. The quantitative estimate of drug-likeness (QED) is 0.615. The Bertz CT molecular complexity index is 490. The van der Waals surface area contributed by atoms with Crippen molar-refractivity contribution in [1.29, 1.82) is 0 Å². The maximum atomic E-state index is 11.4. The third-order valence-corrected chi connectivity index (χ3v) is 3.72. The summed E-state index contributed by atoms with van der Waals surface area (Å²) in [6.45, 7) is 0.238. The zero-order valence-electron chi connectivity index (χ0n) is 9.55. The van der Waals surface area contributed by atoms with Gasteiger partial charge in [-0.2, -0.15) is 0 Å². The van der Waals surface area contributed by atoms with E-state index < -0.39 is 30.4 Å². The van der Waals surface area contributed by atoms with E-state index in [2.05, 4.69) is 26.6 Å². The fourth-order valence-electron chi connectivity index (χ4n) is 1.20. The summed E-state index contributed by atoms with van der Waals surface area (Å²) in [4.78, 5) is 33.5. The molecule has 0 saturated carbocycles. The van der Waals surface area contributed by atoms with Crippen molar-refractivity contribution in [3.63, 3.8) is 0 Å². The molecular formula is C10H11BrN2O5S. The van der Waals surface area contributed by atoms with E-state index in [1.165, 1.54) is 11.3 Å². The van der Waals surface area contributed by atoms with Crippen LogP contribution in [0.2, 0.25) is 0 Å². The Labute approximate surface area is 120 Å². The number of thiophene rings is 1. The minimum absolute atomic E-state index is 0.238. The number of rotatable bonds is 6. The summed E-state index contributed by atoms with van der Waals surface area (Å²) in [5, 5.41) is 23.7. The predicted octanol–water partition coefficient (Wildman–Crippen LogP) is 1.24. The van der Waals surface area contributed by atoms with Gasteiger partial charge in [0.2, 0.25) is 0 Å². The highest BCUT2D eigenvalue weighted by Gasteiger charge is 2.22. The Hall–Kier alpha value is -1.61. The van der Waals surface area contributed by atoms with Gasteiger partial charge in [0.25, 0.3) is 0 Å². The molecule has 0 aliphatic carbocycles. The maximum absolute atomic E-state index is 11.4. The smallest absolute Gasteiger partial charge is 0.326 e. The first-order chi connectivity index (χ1) is 8.88. The molecule has 0 aliphatic rings. The monoisotopic (exact) mass is 350 g/mol. The Morgan fingerprint density at radius 2 is 2.05 bits per heavy atom. The molecule has 0 saturated heterocycles. The molecule has 0 aliphatic heterocycles. The molecule has 2 amide bonds. The van der Waals surface area contributed by atoms with Crippen molar-refractivity contribution in [2.24, 2.45) is 0 Å². The number of urea groups is 1. The third-order valence-electron chi connectivity index (χ3n) is 2.03. The molecule has 0 unspecified atom stereocenters. The van der Waals surface area contributed by atoms with Gasteiger partial charge in [0.05, 0.1) is 13.0 Å². The zero-order valence-corrected chi connectivity index (χ0v) is 12.0. The highest BCUT2D eigenvalue weighted by Crippen LogP contribution is 2.19. The SMILES string of the molecule is O=C(O)C[C@@H](NC(=O)NCc1cc(Br)cs1)C(=O)O. The van der Waals surface area contributed by atoms with Crippen molar-refractivity contribution < 1.29 is 24.6 Å². The van der Waals surface area contributed by atoms with Crippen LogP contribution in [0.3, 0.4) is 0 Å². The van der Waals surface area contributed by atoms with E-state index in [1.807, 2.05) is 11.4 Å². The lowest BCUT2D eigenvalue weighted by molar-refractivity contribution is -0.145. The molecule has 9 heteroatoms. The first-order valence-corrected chi connectivity index (χ1v) is 6.77. The second-order valence-electron chi connectivity index (χ2n) is 3.55. The number of carbonyl (C=O) groups is 3. The lowest BCUT2D eigenvalue weighted by Crippen LogP contribution is -2.46. The molecule has 1 atom stereocenters. The van der Waals surface area contributed by atoms with Crippen LogP contribution in [-0.2, 0) is 16.1 Å². The third kappa shape index (κ3) is 5.71. The number of carboxylic acid groups (broad SMARTS) is 2. The van der Waals surface area contributed by atoms with Crippen LogP contribution in [-0.4, -0.2) is 34.2 Å². The van der Waals surface area contributed by atoms with E-state index in [0.29, 0.717) is 0 Å². The number of hydrogen-bond donors (Lipinski definition) is 4. The van der Waals surface area contributed by atoms with Crippen LogP contribution < -0.4 is 10.6 Å². The van der Waals surface area contributed by atoms with Gasteiger partial charge in [0.15, 0.2) is 0 Å². The fraction of sp³-hybridized carbons (Fsp3) is 0.300. The van der Waals surface area contributed by atoms with Gasteiger partial charge >= 0.3 is 18.0 Å². The van der Waals surface area contributed by atoms with E-state index >= 15 is 0 Å². The molecule has 104 valence electrons. The van der Waals surface area contributed by atoms with Gasteiger partial charge < -0.3 is 20.8 Å². The van der Waals surface area contributed by atoms with Crippen LogP contribution in [0, 0.1) is 0 Å². The summed E-state index contributed by atoms with van der Waals surface area (Å²) < 4.78 is 0.893. The van der Waals surface area contributed by atoms with Crippen LogP contribution in [0.25, 0.3) is 0 Å². The summed E-state index contributed by atoms with van der Waals surface area (Å²) in [5.74, 6) is -2.69. The molecule has 4 N–H and O–H groups in total. The van der Waals surface area contributed by atoms with Gasteiger partial charge in [0, 0.05) is 14.7 Å². The minimum Gasteiger partial charge on any atom is -0.481 e. The van der Waals surface area contributed by atoms with Crippen LogP contribution in [0.4, 0.5) is 4.79 Å². The topological polar surface area (TPSA) is 116 Å². The van der Waals surface area contributed by atoms with E-state index in [0.717, 1.165) is 9.35 Å². The normalized spacial score (nSPS) is 11.6. The average Bonchev–Trinajstić information content (AvgIpc) is 2.71. The van der Waals surface area contributed by atoms with Crippen molar-refractivity contribution in [3.8, 4) is 0 Å². The number of amides is 2. The molecule has 7 nitrogen and oxygen atoms in total. The summed E-state index contributed by atoms with van der Waals surface area (Å²) in [6, 6.07) is -0.359. The summed E-state index contributed by atoms with van der Waals surface area (Å²) in [6.07, 6.45) is -0.673. The van der Waals surface area contributed by atoms with Crippen molar-refractivity contribution in [1.82, 2.24) is 10.6 Å². The highest BCUT2D eigenvalue weighted by molar-refractivity contribution is 9.10. The van der Waals surface area contributed by atoms with Crippen LogP contribution in [0.15, 0.2) is 15.9 Å². The molecule has 0 spiro atoms. The fourth-order valence-corrected chi connectivity index (χ4v) is 2.59. The Balaban J connectivity index is 2.44. The predicted molar refractivity (Wildman–Crippen MR) is 71.1 cm³/mol. The summed E-state index contributed by atoms with van der Waals surface area (Å²) in [7, 11) is 0. The van der Waals surface area contributed by atoms with E-state index in [9.17, 15) is 14.4 Å². The molecule has 19 heavy (non-hydrogen) atoms. The lowest BCUT2D eigenvalue weighted by atomic mass is 10.2. The van der Waals surface area contributed by atoms with E-state index in [4.69, 9.17) is 10.2 Å². The van der Waals surface area contributed by atoms with Gasteiger partial charge in [-0.25, -0.2) is 9.59 Å². The maximum Gasteiger partial charge on any atom is 0.326 e. The van der Waals surface area contributed by atoms with Gasteiger partial charge in [-0.05, 0) is 22.0 Å². The van der Waals surface area contributed by atoms with Crippen LogP contribution in [0.1, 0.15) is 11.3 Å². The van der Waals surface area contributed by atoms with Gasteiger partial charge in [-0.15, -0.1) is 11.3 Å². The Morgan fingerprint density at radius 1 is 1.37 bits per heavy atom. The molecule has 1 heterocycles. The van der Waals surface area contributed by atoms with Gasteiger partial charge in [0.1, 0.15) is 6.04 Å². The summed E-state index contributed by atoms with van der Waals surface area (Å²) >= 11 is 4.69. The number of halogens is 1. The van der Waals surface area contributed by atoms with Crippen LogP contribution in [0.5, 0.6) is 0 Å². The van der Waals surface area contributed by atoms with Crippen molar-refractivity contribution in [3.05, 3.63) is 20.8 Å². The standard InChI is InChI=1S/C10H11BrN2O5S/c11-5-1-6(19-4-5)3-12-10(18)13-7(9(16)17)2-8(14)15/h1,4,7H,2-3H2,(H,14,15)(H,16,17)(H2,12,13,18)/t7-/m1/s1.